The van der Waals surface area contributed by atoms with Crippen molar-refractivity contribution in [1.29, 1.82) is 0 Å². The molecule has 0 amide bonds. The van der Waals surface area contributed by atoms with Crippen LogP contribution in [0.4, 0.5) is 11.4 Å². The Labute approximate surface area is 182 Å². The minimum Gasteiger partial charge on any atom is -0.491 e. The first kappa shape index (κ1) is 19.9. The van der Waals surface area contributed by atoms with Crippen LogP contribution in [0.25, 0.3) is 0 Å². The van der Waals surface area contributed by atoms with Gasteiger partial charge in [-0.1, -0.05) is 18.2 Å². The van der Waals surface area contributed by atoms with Crippen LogP contribution in [0.2, 0.25) is 0 Å². The van der Waals surface area contributed by atoms with Crippen LogP contribution in [-0.2, 0) is 15.9 Å². The van der Waals surface area contributed by atoms with Crippen molar-refractivity contribution in [1.82, 2.24) is 9.97 Å². The molecule has 7 nitrogen and oxygen atoms in total. The molecular weight excluding hydrogens is 392 g/mol. The molecule has 0 radical (unpaired) electrons. The number of imidazole rings is 1. The lowest BCUT2D eigenvalue weighted by molar-refractivity contribution is -0.0626. The molecule has 0 bridgehead atoms. The van der Waals surface area contributed by atoms with E-state index in [2.05, 4.69) is 62.2 Å². The van der Waals surface area contributed by atoms with Crippen molar-refractivity contribution < 1.29 is 14.2 Å². The van der Waals surface area contributed by atoms with Gasteiger partial charge in [-0.2, -0.15) is 0 Å². The van der Waals surface area contributed by atoms with E-state index >= 15 is 0 Å². The third-order valence-electron chi connectivity index (χ3n) is 5.77. The van der Waals surface area contributed by atoms with Gasteiger partial charge in [-0.15, -0.1) is 0 Å². The van der Waals surface area contributed by atoms with E-state index in [0.29, 0.717) is 19.6 Å². The van der Waals surface area contributed by atoms with Gasteiger partial charge < -0.3 is 29.0 Å². The van der Waals surface area contributed by atoms with E-state index in [9.17, 15) is 0 Å². The Morgan fingerprint density at radius 3 is 2.32 bits per heavy atom. The standard InChI is InChI=1S/C24H28N4O3/c1-2-4-19(5-3-1)27-12-14-28(15-13-27)20-6-8-21(9-7-20)29-17-22-18-30-24(31-22)16-23-25-10-11-26-23/h1-11,22,24H,12-18H2,(H,25,26). The van der Waals surface area contributed by atoms with Gasteiger partial charge in [0.15, 0.2) is 6.29 Å². The van der Waals surface area contributed by atoms with Crippen LogP contribution >= 0.6 is 0 Å². The van der Waals surface area contributed by atoms with Crippen molar-refractivity contribution in [2.24, 2.45) is 0 Å². The third kappa shape index (κ3) is 5.00. The normalized spacial score (nSPS) is 21.4. The van der Waals surface area contributed by atoms with Crippen molar-refractivity contribution in [3.05, 3.63) is 72.8 Å². The molecule has 0 saturated carbocycles. The molecular formula is C24H28N4O3. The molecule has 31 heavy (non-hydrogen) atoms. The summed E-state index contributed by atoms with van der Waals surface area (Å²) in [6.07, 6.45) is 3.83. The average Bonchev–Trinajstić information content (AvgIpc) is 3.51. The van der Waals surface area contributed by atoms with Crippen molar-refractivity contribution in [2.75, 3.05) is 49.2 Å². The van der Waals surface area contributed by atoms with Crippen LogP contribution in [0.15, 0.2) is 67.0 Å². The predicted octanol–water partition coefficient (Wildman–Crippen LogP) is 3.10. The summed E-state index contributed by atoms with van der Waals surface area (Å²) in [6.45, 7) is 5.10. The van der Waals surface area contributed by atoms with Gasteiger partial charge in [0, 0.05) is 49.9 Å². The molecule has 0 spiro atoms. The monoisotopic (exact) mass is 420 g/mol. The van der Waals surface area contributed by atoms with Crippen molar-refractivity contribution >= 4 is 11.4 Å². The van der Waals surface area contributed by atoms with Crippen molar-refractivity contribution in [3.8, 4) is 5.75 Å². The lowest BCUT2D eigenvalue weighted by atomic mass is 10.2. The number of aromatic nitrogens is 2. The van der Waals surface area contributed by atoms with Crippen LogP contribution in [0.1, 0.15) is 5.82 Å². The highest BCUT2D eigenvalue weighted by Crippen LogP contribution is 2.23. The number of aromatic amines is 1. The Balaban J connectivity index is 1.07. The summed E-state index contributed by atoms with van der Waals surface area (Å²) in [4.78, 5) is 12.2. The van der Waals surface area contributed by atoms with Crippen LogP contribution in [-0.4, -0.2) is 61.8 Å². The molecule has 2 aliphatic heterocycles. The molecule has 1 N–H and O–H groups in total. The molecule has 3 aromatic rings. The van der Waals surface area contributed by atoms with Crippen molar-refractivity contribution in [3.63, 3.8) is 0 Å². The molecule has 2 fully saturated rings. The van der Waals surface area contributed by atoms with Gasteiger partial charge in [0.05, 0.1) is 13.0 Å². The number of H-pyrrole nitrogens is 1. The second-order valence-electron chi connectivity index (χ2n) is 7.88. The zero-order valence-corrected chi connectivity index (χ0v) is 17.5. The summed E-state index contributed by atoms with van der Waals surface area (Å²) in [7, 11) is 0. The number of rotatable bonds is 7. The first-order valence-electron chi connectivity index (χ1n) is 10.9. The highest BCUT2D eigenvalue weighted by atomic mass is 16.7. The molecule has 2 aliphatic rings. The second-order valence-corrected chi connectivity index (χ2v) is 7.88. The summed E-state index contributed by atoms with van der Waals surface area (Å²) in [6, 6.07) is 19.0. The smallest absolute Gasteiger partial charge is 0.165 e. The van der Waals surface area contributed by atoms with Gasteiger partial charge in [-0.25, -0.2) is 4.98 Å². The molecule has 2 atom stereocenters. The fourth-order valence-corrected chi connectivity index (χ4v) is 4.07. The van der Waals surface area contributed by atoms with Crippen molar-refractivity contribution in [2.45, 2.75) is 18.8 Å². The van der Waals surface area contributed by atoms with E-state index in [1.54, 1.807) is 12.4 Å². The summed E-state index contributed by atoms with van der Waals surface area (Å²) in [5.41, 5.74) is 2.54. The van der Waals surface area contributed by atoms with Gasteiger partial charge >= 0.3 is 0 Å². The molecule has 2 unspecified atom stereocenters. The average molecular weight is 421 g/mol. The number of hydrogen-bond acceptors (Lipinski definition) is 6. The molecule has 3 heterocycles. The van der Waals surface area contributed by atoms with Gasteiger partial charge in [0.1, 0.15) is 24.3 Å². The quantitative estimate of drug-likeness (QED) is 0.634. The van der Waals surface area contributed by atoms with Gasteiger partial charge in [0.2, 0.25) is 0 Å². The minimum absolute atomic E-state index is 0.0642. The first-order chi connectivity index (χ1) is 15.3. The maximum atomic E-state index is 5.94. The van der Waals surface area contributed by atoms with E-state index < -0.39 is 0 Å². The molecule has 5 rings (SSSR count). The summed E-state index contributed by atoms with van der Waals surface area (Å²) < 4.78 is 17.5. The lowest BCUT2D eigenvalue weighted by Gasteiger charge is -2.37. The Morgan fingerprint density at radius 1 is 0.935 bits per heavy atom. The van der Waals surface area contributed by atoms with Gasteiger partial charge in [-0.3, -0.25) is 0 Å². The fraction of sp³-hybridized carbons (Fsp3) is 0.375. The zero-order chi connectivity index (χ0) is 20.9. The Morgan fingerprint density at radius 2 is 1.65 bits per heavy atom. The maximum absolute atomic E-state index is 5.94. The summed E-state index contributed by atoms with van der Waals surface area (Å²) in [5, 5.41) is 0. The largest absolute Gasteiger partial charge is 0.491 e. The van der Waals surface area contributed by atoms with E-state index in [-0.39, 0.29) is 12.4 Å². The van der Waals surface area contributed by atoms with Crippen LogP contribution in [0.3, 0.4) is 0 Å². The summed E-state index contributed by atoms with van der Waals surface area (Å²) in [5.74, 6) is 1.72. The van der Waals surface area contributed by atoms with Gasteiger partial charge in [-0.05, 0) is 36.4 Å². The number of hydrogen-bond donors (Lipinski definition) is 1. The lowest BCUT2D eigenvalue weighted by Crippen LogP contribution is -2.46. The fourth-order valence-electron chi connectivity index (χ4n) is 4.07. The SMILES string of the molecule is c1ccc(N2CCN(c3ccc(OCC4COC(Cc5ncc[nH]5)O4)cc3)CC2)cc1. The number of ether oxygens (including phenoxy) is 3. The number of benzene rings is 2. The Hall–Kier alpha value is -3.03. The Bertz CT molecular complexity index is 925. The van der Waals surface area contributed by atoms with Crippen LogP contribution in [0.5, 0.6) is 5.75 Å². The highest BCUT2D eigenvalue weighted by molar-refractivity contribution is 5.52. The molecule has 1 aromatic heterocycles. The van der Waals surface area contributed by atoms with E-state index in [1.165, 1.54) is 11.4 Å². The number of nitrogens with zero attached hydrogens (tertiary/aromatic N) is 3. The minimum atomic E-state index is -0.267. The third-order valence-corrected chi connectivity index (χ3v) is 5.77. The molecule has 7 heteroatoms. The molecule has 2 saturated heterocycles. The van der Waals surface area contributed by atoms with E-state index in [1.807, 2.05) is 12.1 Å². The van der Waals surface area contributed by atoms with E-state index in [4.69, 9.17) is 14.2 Å². The summed E-state index contributed by atoms with van der Waals surface area (Å²) >= 11 is 0. The molecule has 0 aliphatic carbocycles. The molecule has 162 valence electrons. The second kappa shape index (κ2) is 9.41. The zero-order valence-electron chi connectivity index (χ0n) is 17.5. The topological polar surface area (TPSA) is 62.8 Å². The van der Waals surface area contributed by atoms with E-state index in [0.717, 1.165) is 37.8 Å². The predicted molar refractivity (Wildman–Crippen MR) is 120 cm³/mol. The number of nitrogens with one attached hydrogen (secondary N) is 1. The highest BCUT2D eigenvalue weighted by Gasteiger charge is 2.27. The van der Waals surface area contributed by atoms with Gasteiger partial charge in [0.25, 0.3) is 0 Å². The Kier molecular flexibility index (Phi) is 6.04. The maximum Gasteiger partial charge on any atom is 0.165 e. The number of anilines is 2. The number of para-hydroxylation sites is 1. The number of piperazine rings is 1. The van der Waals surface area contributed by atoms with Crippen LogP contribution in [0, 0.1) is 0 Å². The molecule has 2 aromatic carbocycles. The first-order valence-corrected chi connectivity index (χ1v) is 10.9. The van der Waals surface area contributed by atoms with Crippen LogP contribution < -0.4 is 14.5 Å².